The molecule has 2 aliphatic rings. The maximum Gasteiger partial charge on any atom is 0.00967 e. The number of hydrogen-bond donors (Lipinski definition) is 1. The molecule has 1 N–H and O–H groups in total. The number of rotatable bonds is 4. The molecule has 0 aromatic heterocycles. The van der Waals surface area contributed by atoms with Crippen molar-refractivity contribution in [1.29, 1.82) is 0 Å². The molecule has 106 valence electrons. The van der Waals surface area contributed by atoms with Crippen LogP contribution in [0.5, 0.6) is 0 Å². The highest BCUT2D eigenvalue weighted by molar-refractivity contribution is 4.91. The van der Waals surface area contributed by atoms with E-state index in [4.69, 9.17) is 0 Å². The molecule has 2 atom stereocenters. The largest absolute Gasteiger partial charge is 0.311 e. The Bertz CT molecular complexity index is 265. The van der Waals surface area contributed by atoms with Crippen LogP contribution >= 0.6 is 0 Å². The number of fused-ring (bicyclic) bond motifs is 1. The third kappa shape index (κ3) is 3.96. The third-order valence-corrected chi connectivity index (χ3v) is 4.55. The van der Waals surface area contributed by atoms with Gasteiger partial charge < -0.3 is 10.2 Å². The van der Waals surface area contributed by atoms with Crippen LogP contribution in [0.25, 0.3) is 0 Å². The number of nitrogens with zero attached hydrogens (tertiary/aromatic N) is 1. The molecule has 0 radical (unpaired) electrons. The van der Waals surface area contributed by atoms with Crippen molar-refractivity contribution in [3.05, 3.63) is 0 Å². The molecule has 2 unspecified atom stereocenters. The van der Waals surface area contributed by atoms with E-state index in [0.29, 0.717) is 5.41 Å². The normalized spacial score (nSPS) is 29.8. The molecule has 2 fully saturated rings. The Hall–Kier alpha value is -0.0800. The minimum absolute atomic E-state index is 0.235. The molecule has 1 saturated carbocycles. The Morgan fingerprint density at radius 2 is 1.56 bits per heavy atom. The molecular weight excluding hydrogens is 220 g/mol. The standard InChI is InChI=1S/C16H32N2/c1-15(2,3)17-11-16(4,5)12-18-9-13-7-6-8-14(13)10-18/h13-14,17H,6-12H2,1-5H3. The minimum Gasteiger partial charge on any atom is -0.311 e. The molecule has 0 aromatic carbocycles. The quantitative estimate of drug-likeness (QED) is 0.827. The Morgan fingerprint density at radius 3 is 2.06 bits per heavy atom. The van der Waals surface area contributed by atoms with Crippen LogP contribution in [0.1, 0.15) is 53.9 Å². The molecule has 0 bridgehead atoms. The summed E-state index contributed by atoms with van der Waals surface area (Å²) in [6.45, 7) is 16.7. The lowest BCUT2D eigenvalue weighted by atomic mass is 9.91. The van der Waals surface area contributed by atoms with Crippen LogP contribution in [-0.4, -0.2) is 36.6 Å². The van der Waals surface area contributed by atoms with Crippen molar-refractivity contribution in [3.63, 3.8) is 0 Å². The zero-order valence-electron chi connectivity index (χ0n) is 13.1. The van der Waals surface area contributed by atoms with E-state index >= 15 is 0 Å². The van der Waals surface area contributed by atoms with E-state index in [-0.39, 0.29) is 5.54 Å². The maximum atomic E-state index is 3.66. The van der Waals surface area contributed by atoms with Crippen LogP contribution < -0.4 is 5.32 Å². The van der Waals surface area contributed by atoms with E-state index in [1.54, 1.807) is 0 Å². The van der Waals surface area contributed by atoms with Gasteiger partial charge in [0.25, 0.3) is 0 Å². The fourth-order valence-electron chi connectivity index (χ4n) is 3.63. The molecule has 0 aromatic rings. The average Bonchev–Trinajstić information content (AvgIpc) is 2.73. The highest BCUT2D eigenvalue weighted by Crippen LogP contribution is 2.38. The van der Waals surface area contributed by atoms with Crippen LogP contribution in [0.4, 0.5) is 0 Å². The third-order valence-electron chi connectivity index (χ3n) is 4.55. The summed E-state index contributed by atoms with van der Waals surface area (Å²) >= 11 is 0. The molecule has 1 aliphatic carbocycles. The second-order valence-electron chi connectivity index (χ2n) is 8.41. The van der Waals surface area contributed by atoms with Gasteiger partial charge >= 0.3 is 0 Å². The first-order chi connectivity index (χ1) is 8.25. The van der Waals surface area contributed by atoms with Crippen LogP contribution in [0, 0.1) is 17.3 Å². The van der Waals surface area contributed by atoms with Crippen molar-refractivity contribution in [1.82, 2.24) is 10.2 Å². The van der Waals surface area contributed by atoms with Gasteiger partial charge in [-0.1, -0.05) is 20.3 Å². The minimum atomic E-state index is 0.235. The van der Waals surface area contributed by atoms with Gasteiger partial charge in [-0.15, -0.1) is 0 Å². The first kappa shape index (κ1) is 14.3. The molecule has 1 aliphatic heterocycles. The second kappa shape index (κ2) is 5.13. The highest BCUT2D eigenvalue weighted by Gasteiger charge is 2.37. The molecule has 1 heterocycles. The Kier molecular flexibility index (Phi) is 4.08. The van der Waals surface area contributed by atoms with Gasteiger partial charge in [0.15, 0.2) is 0 Å². The van der Waals surface area contributed by atoms with E-state index in [0.717, 1.165) is 18.4 Å². The van der Waals surface area contributed by atoms with E-state index in [1.165, 1.54) is 38.9 Å². The van der Waals surface area contributed by atoms with Crippen molar-refractivity contribution in [2.75, 3.05) is 26.2 Å². The maximum absolute atomic E-state index is 3.66. The second-order valence-corrected chi connectivity index (χ2v) is 8.41. The molecule has 2 rings (SSSR count). The first-order valence-electron chi connectivity index (χ1n) is 7.73. The van der Waals surface area contributed by atoms with Gasteiger partial charge in [0.2, 0.25) is 0 Å². The Balaban J connectivity index is 1.78. The van der Waals surface area contributed by atoms with Gasteiger partial charge in [-0.05, 0) is 50.9 Å². The Labute approximate surface area is 114 Å². The molecule has 2 heteroatoms. The summed E-state index contributed by atoms with van der Waals surface area (Å²) in [5.74, 6) is 2.05. The summed E-state index contributed by atoms with van der Waals surface area (Å²) < 4.78 is 0. The smallest absolute Gasteiger partial charge is 0.00967 e. The zero-order valence-corrected chi connectivity index (χ0v) is 13.1. The summed E-state index contributed by atoms with van der Waals surface area (Å²) in [6, 6.07) is 0. The van der Waals surface area contributed by atoms with Crippen molar-refractivity contribution >= 4 is 0 Å². The molecule has 18 heavy (non-hydrogen) atoms. The lowest BCUT2D eigenvalue weighted by Gasteiger charge is -2.34. The Morgan fingerprint density at radius 1 is 1.00 bits per heavy atom. The SMILES string of the molecule is CC(C)(CNC(C)(C)C)CN1CC2CCCC2C1. The lowest BCUT2D eigenvalue weighted by molar-refractivity contribution is 0.182. The van der Waals surface area contributed by atoms with Gasteiger partial charge in [-0.3, -0.25) is 0 Å². The lowest BCUT2D eigenvalue weighted by Crippen LogP contribution is -2.46. The van der Waals surface area contributed by atoms with E-state index in [9.17, 15) is 0 Å². The molecule has 0 spiro atoms. The monoisotopic (exact) mass is 252 g/mol. The first-order valence-corrected chi connectivity index (χ1v) is 7.73. The molecule has 0 amide bonds. The fraction of sp³-hybridized carbons (Fsp3) is 1.00. The summed E-state index contributed by atoms with van der Waals surface area (Å²) in [5.41, 5.74) is 0.616. The molecular formula is C16H32N2. The van der Waals surface area contributed by atoms with Crippen molar-refractivity contribution in [3.8, 4) is 0 Å². The van der Waals surface area contributed by atoms with Gasteiger partial charge in [0.1, 0.15) is 0 Å². The van der Waals surface area contributed by atoms with Crippen molar-refractivity contribution in [2.45, 2.75) is 59.4 Å². The summed E-state index contributed by atoms with van der Waals surface area (Å²) in [6.07, 6.45) is 4.46. The van der Waals surface area contributed by atoms with Crippen LogP contribution in [0.2, 0.25) is 0 Å². The molecule has 2 nitrogen and oxygen atoms in total. The van der Waals surface area contributed by atoms with Crippen molar-refractivity contribution < 1.29 is 0 Å². The predicted octanol–water partition coefficient (Wildman–Crippen LogP) is 3.13. The summed E-state index contributed by atoms with van der Waals surface area (Å²) in [5, 5.41) is 3.66. The predicted molar refractivity (Wildman–Crippen MR) is 78.8 cm³/mol. The zero-order chi connectivity index (χ0) is 13.4. The van der Waals surface area contributed by atoms with Gasteiger partial charge in [-0.2, -0.15) is 0 Å². The number of hydrogen-bond acceptors (Lipinski definition) is 2. The topological polar surface area (TPSA) is 15.3 Å². The van der Waals surface area contributed by atoms with E-state index < -0.39 is 0 Å². The molecule has 1 saturated heterocycles. The summed E-state index contributed by atoms with van der Waals surface area (Å²) in [4.78, 5) is 2.72. The average molecular weight is 252 g/mol. The number of nitrogens with one attached hydrogen (secondary N) is 1. The van der Waals surface area contributed by atoms with Crippen LogP contribution in [-0.2, 0) is 0 Å². The summed E-state index contributed by atoms with van der Waals surface area (Å²) in [7, 11) is 0. The van der Waals surface area contributed by atoms with Crippen molar-refractivity contribution in [2.24, 2.45) is 17.3 Å². The van der Waals surface area contributed by atoms with E-state index in [2.05, 4.69) is 44.8 Å². The van der Waals surface area contributed by atoms with Gasteiger partial charge in [0.05, 0.1) is 0 Å². The van der Waals surface area contributed by atoms with Gasteiger partial charge in [-0.25, -0.2) is 0 Å². The van der Waals surface area contributed by atoms with Crippen LogP contribution in [0.3, 0.4) is 0 Å². The van der Waals surface area contributed by atoms with Crippen LogP contribution in [0.15, 0.2) is 0 Å². The van der Waals surface area contributed by atoms with Gasteiger partial charge in [0, 0.05) is 31.7 Å². The highest BCUT2D eigenvalue weighted by atomic mass is 15.2. The number of likely N-dealkylation sites (tertiary alicyclic amines) is 1. The van der Waals surface area contributed by atoms with E-state index in [1.807, 2.05) is 0 Å². The fourth-order valence-corrected chi connectivity index (χ4v) is 3.63.